The van der Waals surface area contributed by atoms with Gasteiger partial charge >= 0.3 is 5.97 Å². The van der Waals surface area contributed by atoms with E-state index in [2.05, 4.69) is 5.32 Å². The highest BCUT2D eigenvalue weighted by Crippen LogP contribution is 2.30. The maximum Gasteiger partial charge on any atom is 0.342 e. The largest absolute Gasteiger partial charge is 0.465 e. The van der Waals surface area contributed by atoms with Gasteiger partial charge in [0, 0.05) is 12.2 Å². The van der Waals surface area contributed by atoms with Gasteiger partial charge in [-0.1, -0.05) is 6.07 Å². The summed E-state index contributed by atoms with van der Waals surface area (Å²) in [7, 11) is 1.37. The Morgan fingerprint density at radius 1 is 1.53 bits per heavy atom. The Balaban J connectivity index is 2.55. The van der Waals surface area contributed by atoms with Gasteiger partial charge in [0.1, 0.15) is 5.56 Å². The van der Waals surface area contributed by atoms with Gasteiger partial charge in [0.2, 0.25) is 0 Å². The van der Waals surface area contributed by atoms with Crippen molar-refractivity contribution < 1.29 is 9.53 Å². The lowest BCUT2D eigenvalue weighted by molar-refractivity contribution is 0.0603. The van der Waals surface area contributed by atoms with Crippen LogP contribution in [0.15, 0.2) is 12.1 Å². The Hall–Kier alpha value is -1.71. The number of anilines is 2. The van der Waals surface area contributed by atoms with Gasteiger partial charge in [0.15, 0.2) is 0 Å². The van der Waals surface area contributed by atoms with Crippen molar-refractivity contribution >= 4 is 17.3 Å². The van der Waals surface area contributed by atoms with Crippen LogP contribution in [0.5, 0.6) is 0 Å². The van der Waals surface area contributed by atoms with Gasteiger partial charge in [0.05, 0.1) is 12.8 Å². The van der Waals surface area contributed by atoms with Gasteiger partial charge in [-0.25, -0.2) is 4.79 Å². The molecular weight excluding hydrogens is 192 g/mol. The molecule has 0 saturated carbocycles. The zero-order valence-corrected chi connectivity index (χ0v) is 8.67. The molecule has 1 aliphatic rings. The highest BCUT2D eigenvalue weighted by Gasteiger charge is 2.20. The minimum absolute atomic E-state index is 0.376. The summed E-state index contributed by atoms with van der Waals surface area (Å²) in [6.07, 6.45) is 2.06. The lowest BCUT2D eigenvalue weighted by Gasteiger charge is -2.21. The number of nitrogens with one attached hydrogen (secondary N) is 1. The van der Waals surface area contributed by atoms with E-state index in [1.165, 1.54) is 7.11 Å². The number of nitrogens with two attached hydrogens (primary N) is 1. The van der Waals surface area contributed by atoms with Crippen molar-refractivity contribution in [3.63, 3.8) is 0 Å². The van der Waals surface area contributed by atoms with Crippen LogP contribution in [0.25, 0.3) is 0 Å². The predicted molar refractivity (Wildman–Crippen MR) is 59.0 cm³/mol. The van der Waals surface area contributed by atoms with Gasteiger partial charge in [-0.3, -0.25) is 0 Å². The van der Waals surface area contributed by atoms with E-state index in [-0.39, 0.29) is 5.97 Å². The van der Waals surface area contributed by atoms with E-state index in [0.717, 1.165) is 30.6 Å². The van der Waals surface area contributed by atoms with Gasteiger partial charge in [-0.15, -0.1) is 0 Å². The molecule has 0 aliphatic carbocycles. The van der Waals surface area contributed by atoms with Gasteiger partial charge in [-0.05, 0) is 24.5 Å². The van der Waals surface area contributed by atoms with E-state index in [1.54, 1.807) is 6.07 Å². The fourth-order valence-electron chi connectivity index (χ4n) is 1.89. The van der Waals surface area contributed by atoms with Crippen molar-refractivity contribution in [3.05, 3.63) is 23.3 Å². The summed E-state index contributed by atoms with van der Waals surface area (Å²) in [5.74, 6) is -0.376. The third-order valence-electron chi connectivity index (χ3n) is 2.64. The topological polar surface area (TPSA) is 64.3 Å². The normalized spacial score (nSPS) is 13.9. The number of fused-ring (bicyclic) bond motifs is 1. The zero-order chi connectivity index (χ0) is 10.8. The second-order valence-electron chi connectivity index (χ2n) is 3.59. The molecule has 0 aromatic heterocycles. The van der Waals surface area contributed by atoms with Crippen LogP contribution >= 0.6 is 0 Å². The number of aryl methyl sites for hydroxylation is 1. The van der Waals surface area contributed by atoms with E-state index in [9.17, 15) is 4.79 Å². The van der Waals surface area contributed by atoms with Crippen LogP contribution in [0.2, 0.25) is 0 Å². The van der Waals surface area contributed by atoms with Crippen LogP contribution in [0.1, 0.15) is 22.3 Å². The van der Waals surface area contributed by atoms with Crippen molar-refractivity contribution in [1.29, 1.82) is 0 Å². The average molecular weight is 206 g/mol. The highest BCUT2D eigenvalue weighted by atomic mass is 16.5. The molecule has 3 N–H and O–H groups in total. The van der Waals surface area contributed by atoms with Crippen LogP contribution in [0.3, 0.4) is 0 Å². The van der Waals surface area contributed by atoms with Gasteiger partial charge in [-0.2, -0.15) is 0 Å². The number of nitrogen functional groups attached to an aromatic ring is 1. The monoisotopic (exact) mass is 206 g/mol. The molecule has 0 amide bonds. The van der Waals surface area contributed by atoms with Crippen LogP contribution in [-0.4, -0.2) is 19.6 Å². The van der Waals surface area contributed by atoms with Crippen molar-refractivity contribution in [2.24, 2.45) is 0 Å². The van der Waals surface area contributed by atoms with Gasteiger partial charge < -0.3 is 15.8 Å². The molecule has 4 nitrogen and oxygen atoms in total. The van der Waals surface area contributed by atoms with Crippen molar-refractivity contribution in [2.45, 2.75) is 12.8 Å². The number of benzene rings is 1. The predicted octanol–water partition coefficient (Wildman–Crippen LogP) is 1.41. The molecule has 1 aromatic carbocycles. The zero-order valence-electron chi connectivity index (χ0n) is 8.67. The molecule has 4 heteroatoms. The number of carbonyl (C=O) groups is 1. The molecule has 2 rings (SSSR count). The van der Waals surface area contributed by atoms with Crippen LogP contribution < -0.4 is 11.1 Å². The Morgan fingerprint density at radius 3 is 3.07 bits per heavy atom. The minimum atomic E-state index is -0.376. The van der Waals surface area contributed by atoms with E-state index < -0.39 is 0 Å². The van der Waals surface area contributed by atoms with Crippen LogP contribution in [0, 0.1) is 0 Å². The number of methoxy groups -OCH3 is 1. The quantitative estimate of drug-likeness (QED) is 0.538. The molecular formula is C11H14N2O2. The molecule has 0 saturated heterocycles. The van der Waals surface area contributed by atoms with E-state index in [4.69, 9.17) is 10.5 Å². The Morgan fingerprint density at radius 2 is 2.33 bits per heavy atom. The second kappa shape index (κ2) is 3.81. The standard InChI is InChI=1S/C11H14N2O2/c1-15-11(14)9-8(12)5-4-7-3-2-6-13-10(7)9/h4-5,13H,2-3,6,12H2,1H3. The Labute approximate surface area is 88.4 Å². The summed E-state index contributed by atoms with van der Waals surface area (Å²) in [5, 5.41) is 3.21. The number of hydrogen-bond acceptors (Lipinski definition) is 4. The molecule has 1 aromatic rings. The third kappa shape index (κ3) is 1.63. The van der Waals surface area contributed by atoms with Crippen LogP contribution in [-0.2, 0) is 11.2 Å². The lowest BCUT2D eigenvalue weighted by Crippen LogP contribution is -2.18. The molecule has 1 heterocycles. The van der Waals surface area contributed by atoms with Crippen molar-refractivity contribution in [2.75, 3.05) is 24.7 Å². The molecule has 0 radical (unpaired) electrons. The fourth-order valence-corrected chi connectivity index (χ4v) is 1.89. The molecule has 0 bridgehead atoms. The number of ether oxygens (including phenoxy) is 1. The number of rotatable bonds is 1. The van der Waals surface area contributed by atoms with Gasteiger partial charge in [0.25, 0.3) is 0 Å². The molecule has 0 unspecified atom stereocenters. The number of hydrogen-bond donors (Lipinski definition) is 2. The summed E-state index contributed by atoms with van der Waals surface area (Å²) in [6, 6.07) is 3.72. The highest BCUT2D eigenvalue weighted by molar-refractivity contribution is 6.02. The maximum atomic E-state index is 11.6. The first-order chi connectivity index (χ1) is 7.24. The summed E-state index contributed by atoms with van der Waals surface area (Å²) < 4.78 is 4.72. The van der Waals surface area contributed by atoms with E-state index >= 15 is 0 Å². The van der Waals surface area contributed by atoms with Crippen molar-refractivity contribution in [3.8, 4) is 0 Å². The molecule has 0 spiro atoms. The molecule has 80 valence electrons. The first-order valence-corrected chi connectivity index (χ1v) is 4.97. The summed E-state index contributed by atoms with van der Waals surface area (Å²) in [4.78, 5) is 11.6. The summed E-state index contributed by atoms with van der Waals surface area (Å²) >= 11 is 0. The summed E-state index contributed by atoms with van der Waals surface area (Å²) in [5.41, 5.74) is 8.69. The van der Waals surface area contributed by atoms with Crippen molar-refractivity contribution in [1.82, 2.24) is 0 Å². The smallest absolute Gasteiger partial charge is 0.342 e. The fraction of sp³-hybridized carbons (Fsp3) is 0.364. The average Bonchev–Trinajstić information content (AvgIpc) is 2.28. The third-order valence-corrected chi connectivity index (χ3v) is 2.64. The van der Waals surface area contributed by atoms with E-state index in [0.29, 0.717) is 11.3 Å². The van der Waals surface area contributed by atoms with E-state index in [1.807, 2.05) is 6.07 Å². The first kappa shape index (κ1) is 9.83. The Kier molecular flexibility index (Phi) is 2.49. The number of esters is 1. The first-order valence-electron chi connectivity index (χ1n) is 4.97. The molecule has 0 fully saturated rings. The maximum absolute atomic E-state index is 11.6. The lowest BCUT2D eigenvalue weighted by atomic mass is 9.98. The molecule has 0 atom stereocenters. The summed E-state index contributed by atoms with van der Waals surface area (Å²) in [6.45, 7) is 0.875. The molecule has 15 heavy (non-hydrogen) atoms. The SMILES string of the molecule is COC(=O)c1c(N)ccc2c1NCCC2. The minimum Gasteiger partial charge on any atom is -0.465 e. The Bertz CT molecular complexity index is 402. The second-order valence-corrected chi connectivity index (χ2v) is 3.59. The van der Waals surface area contributed by atoms with Crippen LogP contribution in [0.4, 0.5) is 11.4 Å². The number of carbonyl (C=O) groups excluding carboxylic acids is 1. The molecule has 1 aliphatic heterocycles.